The highest BCUT2D eigenvalue weighted by molar-refractivity contribution is 6.31. The van der Waals surface area contributed by atoms with E-state index in [0.29, 0.717) is 35.1 Å². The number of aryl methyl sites for hydroxylation is 1. The molecular formula is C27H26N2O6. The van der Waals surface area contributed by atoms with Crippen LogP contribution >= 0.6 is 0 Å². The molecule has 35 heavy (non-hydrogen) atoms. The molecule has 0 aliphatic carbocycles. The number of anilines is 1. The van der Waals surface area contributed by atoms with Crippen LogP contribution in [0.3, 0.4) is 0 Å². The monoisotopic (exact) mass is 474 g/mol. The van der Waals surface area contributed by atoms with Gasteiger partial charge in [-0.1, -0.05) is 36.4 Å². The third-order valence-corrected chi connectivity index (χ3v) is 5.38. The van der Waals surface area contributed by atoms with E-state index in [1.54, 1.807) is 36.4 Å². The molecule has 0 radical (unpaired) electrons. The summed E-state index contributed by atoms with van der Waals surface area (Å²) in [6.07, 6.45) is 1.50. The van der Waals surface area contributed by atoms with Crippen LogP contribution < -0.4 is 29.4 Å². The van der Waals surface area contributed by atoms with Crippen molar-refractivity contribution in [3.63, 3.8) is 0 Å². The number of nitrogens with zero attached hydrogens (tertiary/aromatic N) is 1. The topological polar surface area (TPSA) is 86.3 Å². The third-order valence-electron chi connectivity index (χ3n) is 5.38. The average molecular weight is 475 g/mol. The molecule has 0 atom stereocenters. The van der Waals surface area contributed by atoms with Gasteiger partial charge in [0.2, 0.25) is 5.75 Å². The van der Waals surface area contributed by atoms with E-state index in [1.165, 1.54) is 25.3 Å². The fourth-order valence-corrected chi connectivity index (χ4v) is 3.62. The number of hydrogen-bond donors (Lipinski definition) is 1. The zero-order valence-electron chi connectivity index (χ0n) is 19.7. The molecule has 3 aromatic rings. The van der Waals surface area contributed by atoms with E-state index in [1.807, 2.05) is 37.3 Å². The Kier molecular flexibility index (Phi) is 7.21. The van der Waals surface area contributed by atoms with Crippen LogP contribution in [0.15, 0.2) is 72.3 Å². The predicted molar refractivity (Wildman–Crippen MR) is 132 cm³/mol. The lowest BCUT2D eigenvalue weighted by atomic mass is 10.1. The standard InChI is InChI=1S/C27H26N2O6/c1-18-9-7-8-12-22(18)34-13-14-35-25-23(32-2)16-19(17-24(25)33-3)15-21-26(30)28-29(27(21)31)20-10-5-4-6-11-20/h4-12,15-17H,13-14H2,1-3H3,(H,28,30)/b21-15+. The fraction of sp³-hybridized carbons (Fsp3) is 0.185. The van der Waals surface area contributed by atoms with Crippen molar-refractivity contribution in [3.8, 4) is 23.0 Å². The maximum Gasteiger partial charge on any atom is 0.282 e. The van der Waals surface area contributed by atoms with Crippen LogP contribution in [0.2, 0.25) is 0 Å². The molecule has 1 heterocycles. The molecule has 0 aromatic heterocycles. The zero-order valence-corrected chi connectivity index (χ0v) is 19.7. The van der Waals surface area contributed by atoms with Crippen LogP contribution in [-0.2, 0) is 9.59 Å². The lowest BCUT2D eigenvalue weighted by Crippen LogP contribution is -2.35. The van der Waals surface area contributed by atoms with Crippen LogP contribution in [0.5, 0.6) is 23.0 Å². The van der Waals surface area contributed by atoms with Crippen LogP contribution in [0.25, 0.3) is 6.08 Å². The summed E-state index contributed by atoms with van der Waals surface area (Å²) in [4.78, 5) is 25.4. The SMILES string of the molecule is COc1cc(/C=C2\C(=O)NN(c3ccccc3)C2=O)cc(OC)c1OCCOc1ccccc1C. The van der Waals surface area contributed by atoms with Crippen LogP contribution in [-0.4, -0.2) is 39.2 Å². The Balaban J connectivity index is 1.52. The number of rotatable bonds is 9. The van der Waals surface area contributed by atoms with Gasteiger partial charge in [-0.3, -0.25) is 15.0 Å². The summed E-state index contributed by atoms with van der Waals surface area (Å²) in [5.41, 5.74) is 4.74. The molecular weight excluding hydrogens is 448 g/mol. The van der Waals surface area contributed by atoms with Gasteiger partial charge in [0.1, 0.15) is 24.5 Å². The number of nitrogens with one attached hydrogen (secondary N) is 1. The molecule has 1 aliphatic heterocycles. The molecule has 0 saturated carbocycles. The van der Waals surface area contributed by atoms with Crippen molar-refractivity contribution in [2.24, 2.45) is 0 Å². The molecule has 4 rings (SSSR count). The summed E-state index contributed by atoms with van der Waals surface area (Å²) >= 11 is 0. The van der Waals surface area contributed by atoms with Crippen LogP contribution in [0, 0.1) is 6.92 Å². The second-order valence-corrected chi connectivity index (χ2v) is 7.69. The maximum atomic E-state index is 12.9. The Morgan fingerprint density at radius 1 is 0.829 bits per heavy atom. The summed E-state index contributed by atoms with van der Waals surface area (Å²) in [5, 5.41) is 1.22. The molecule has 0 spiro atoms. The van der Waals surface area contributed by atoms with E-state index in [2.05, 4.69) is 5.43 Å². The van der Waals surface area contributed by atoms with Gasteiger partial charge in [-0.15, -0.1) is 0 Å². The summed E-state index contributed by atoms with van der Waals surface area (Å²) in [6, 6.07) is 20.0. The molecule has 1 N–H and O–H groups in total. The summed E-state index contributed by atoms with van der Waals surface area (Å²) in [6.45, 7) is 2.56. The Hall–Kier alpha value is -4.46. The number of amides is 2. The van der Waals surface area contributed by atoms with Gasteiger partial charge in [0, 0.05) is 0 Å². The van der Waals surface area contributed by atoms with Crippen molar-refractivity contribution in [3.05, 3.63) is 83.4 Å². The van der Waals surface area contributed by atoms with Crippen molar-refractivity contribution in [2.45, 2.75) is 6.92 Å². The quantitative estimate of drug-likeness (QED) is 0.287. The molecule has 2 amide bonds. The van der Waals surface area contributed by atoms with Crippen LogP contribution in [0.1, 0.15) is 11.1 Å². The largest absolute Gasteiger partial charge is 0.493 e. The minimum absolute atomic E-state index is 0.00161. The molecule has 180 valence electrons. The van der Waals surface area contributed by atoms with E-state index in [-0.39, 0.29) is 12.2 Å². The highest BCUT2D eigenvalue weighted by Crippen LogP contribution is 2.39. The van der Waals surface area contributed by atoms with Crippen LogP contribution in [0.4, 0.5) is 5.69 Å². The lowest BCUT2D eigenvalue weighted by molar-refractivity contribution is -0.117. The van der Waals surface area contributed by atoms with E-state index in [4.69, 9.17) is 18.9 Å². The molecule has 8 nitrogen and oxygen atoms in total. The minimum Gasteiger partial charge on any atom is -0.493 e. The summed E-state index contributed by atoms with van der Waals surface area (Å²) in [5.74, 6) is 1.05. The number of carbonyl (C=O) groups excluding carboxylic acids is 2. The van der Waals surface area contributed by atoms with E-state index in [0.717, 1.165) is 11.3 Å². The first-order valence-corrected chi connectivity index (χ1v) is 11.0. The van der Waals surface area contributed by atoms with Crippen molar-refractivity contribution in [1.82, 2.24) is 5.43 Å². The molecule has 1 fully saturated rings. The molecule has 0 bridgehead atoms. The first kappa shape index (κ1) is 23.7. The minimum atomic E-state index is -0.495. The average Bonchev–Trinajstić information content (AvgIpc) is 3.16. The highest BCUT2D eigenvalue weighted by atomic mass is 16.6. The number of ether oxygens (including phenoxy) is 4. The first-order chi connectivity index (χ1) is 17.0. The number of methoxy groups -OCH3 is 2. The highest BCUT2D eigenvalue weighted by Gasteiger charge is 2.34. The van der Waals surface area contributed by atoms with Gasteiger partial charge in [0.25, 0.3) is 11.8 Å². The van der Waals surface area contributed by atoms with Gasteiger partial charge in [-0.2, -0.15) is 0 Å². The number of benzene rings is 3. The van der Waals surface area contributed by atoms with Gasteiger partial charge < -0.3 is 18.9 Å². The van der Waals surface area contributed by atoms with Gasteiger partial charge in [0.15, 0.2) is 11.5 Å². The smallest absolute Gasteiger partial charge is 0.282 e. The van der Waals surface area contributed by atoms with Crippen molar-refractivity contribution >= 4 is 23.6 Å². The number of carbonyl (C=O) groups is 2. The second-order valence-electron chi connectivity index (χ2n) is 7.69. The lowest BCUT2D eigenvalue weighted by Gasteiger charge is -2.16. The van der Waals surface area contributed by atoms with Gasteiger partial charge >= 0.3 is 0 Å². The number of hydrazine groups is 1. The molecule has 1 aliphatic rings. The Bertz CT molecular complexity index is 1230. The third kappa shape index (κ3) is 5.22. The molecule has 8 heteroatoms. The van der Waals surface area contributed by atoms with E-state index < -0.39 is 11.8 Å². The van der Waals surface area contributed by atoms with Crippen molar-refractivity contribution in [1.29, 1.82) is 0 Å². The summed E-state index contributed by atoms with van der Waals surface area (Å²) < 4.78 is 22.7. The van der Waals surface area contributed by atoms with E-state index >= 15 is 0 Å². The Morgan fingerprint density at radius 2 is 1.46 bits per heavy atom. The van der Waals surface area contributed by atoms with Gasteiger partial charge in [0.05, 0.1) is 19.9 Å². The van der Waals surface area contributed by atoms with E-state index in [9.17, 15) is 9.59 Å². The molecule has 0 unspecified atom stereocenters. The fourth-order valence-electron chi connectivity index (χ4n) is 3.62. The molecule has 1 saturated heterocycles. The predicted octanol–water partition coefficient (Wildman–Crippen LogP) is 3.93. The maximum absolute atomic E-state index is 12.9. The first-order valence-electron chi connectivity index (χ1n) is 11.0. The Morgan fingerprint density at radius 3 is 2.11 bits per heavy atom. The number of hydrogen-bond acceptors (Lipinski definition) is 6. The van der Waals surface area contributed by atoms with Crippen molar-refractivity contribution in [2.75, 3.05) is 32.4 Å². The zero-order chi connectivity index (χ0) is 24.8. The second kappa shape index (κ2) is 10.6. The normalized spacial score (nSPS) is 14.1. The molecule has 3 aromatic carbocycles. The van der Waals surface area contributed by atoms with Crippen molar-refractivity contribution < 1.29 is 28.5 Å². The number of para-hydroxylation sites is 2. The Labute approximate surface area is 203 Å². The van der Waals surface area contributed by atoms with Gasteiger partial charge in [-0.05, 0) is 54.5 Å². The summed E-state index contributed by atoms with van der Waals surface area (Å²) in [7, 11) is 3.01. The van der Waals surface area contributed by atoms with Gasteiger partial charge in [-0.25, -0.2) is 5.01 Å².